The van der Waals surface area contributed by atoms with E-state index in [-0.39, 0.29) is 18.8 Å². The average Bonchev–Trinajstić information content (AvgIpc) is 2.75. The van der Waals surface area contributed by atoms with Crippen molar-refractivity contribution in [2.45, 2.75) is 106 Å². The lowest BCUT2D eigenvalue weighted by atomic mass is 9.70. The topological polar surface area (TPSA) is 88.1 Å². The SMILES string of the molecule is CCCCOC(=O)C(C)(CC(C)C(=O)OC(C)(CC)CCOCCC)CC(C)(C)C(=O)OC. The molecule has 0 aromatic carbocycles. The van der Waals surface area contributed by atoms with Gasteiger partial charge in [-0.05, 0) is 59.8 Å². The number of methoxy groups -OCH3 is 1. The molecule has 0 aromatic heterocycles. The molecule has 0 saturated carbocycles. The number of rotatable bonds is 17. The Morgan fingerprint density at radius 3 is 2.03 bits per heavy atom. The van der Waals surface area contributed by atoms with Gasteiger partial charge in [-0.3, -0.25) is 14.4 Å². The zero-order chi connectivity index (χ0) is 25.7. The number of ether oxygens (including phenoxy) is 4. The van der Waals surface area contributed by atoms with Gasteiger partial charge >= 0.3 is 17.9 Å². The van der Waals surface area contributed by atoms with Crippen molar-refractivity contribution in [3.8, 4) is 0 Å². The molecule has 3 unspecified atom stereocenters. The Balaban J connectivity index is 5.47. The number of carbonyl (C=O) groups is 3. The predicted molar refractivity (Wildman–Crippen MR) is 129 cm³/mol. The third kappa shape index (κ3) is 10.9. The molecule has 0 aliphatic heterocycles. The fourth-order valence-corrected chi connectivity index (χ4v) is 3.97. The molecular formula is C26H48O7. The second-order valence-electron chi connectivity index (χ2n) is 10.3. The molecule has 194 valence electrons. The molecule has 0 N–H and O–H groups in total. The van der Waals surface area contributed by atoms with Crippen LogP contribution in [-0.2, 0) is 33.3 Å². The Morgan fingerprint density at radius 2 is 1.52 bits per heavy atom. The zero-order valence-electron chi connectivity index (χ0n) is 22.5. The van der Waals surface area contributed by atoms with E-state index < -0.39 is 34.3 Å². The van der Waals surface area contributed by atoms with Gasteiger partial charge in [0.05, 0.1) is 37.1 Å². The minimum atomic E-state index is -1.04. The van der Waals surface area contributed by atoms with Crippen LogP contribution in [0.3, 0.4) is 0 Å². The third-order valence-electron chi connectivity index (χ3n) is 6.17. The van der Waals surface area contributed by atoms with E-state index in [1.165, 1.54) is 7.11 Å². The highest BCUT2D eigenvalue weighted by atomic mass is 16.6. The van der Waals surface area contributed by atoms with Crippen LogP contribution in [0.15, 0.2) is 0 Å². The van der Waals surface area contributed by atoms with Crippen LogP contribution in [0.25, 0.3) is 0 Å². The van der Waals surface area contributed by atoms with Gasteiger partial charge < -0.3 is 18.9 Å². The fourth-order valence-electron chi connectivity index (χ4n) is 3.97. The van der Waals surface area contributed by atoms with Crippen LogP contribution in [-0.4, -0.2) is 50.4 Å². The second kappa shape index (κ2) is 14.6. The van der Waals surface area contributed by atoms with Crippen LogP contribution in [0.5, 0.6) is 0 Å². The van der Waals surface area contributed by atoms with Crippen LogP contribution in [0.1, 0.15) is 100 Å². The molecule has 0 aliphatic rings. The first-order valence-corrected chi connectivity index (χ1v) is 12.4. The van der Waals surface area contributed by atoms with E-state index in [1.54, 1.807) is 27.7 Å². The Bertz CT molecular complexity index is 616. The number of carbonyl (C=O) groups excluding carboxylic acids is 3. The average molecular weight is 473 g/mol. The van der Waals surface area contributed by atoms with Crippen molar-refractivity contribution in [1.29, 1.82) is 0 Å². The molecule has 0 fully saturated rings. The highest BCUT2D eigenvalue weighted by molar-refractivity contribution is 5.81. The number of hydrogen-bond acceptors (Lipinski definition) is 7. The smallest absolute Gasteiger partial charge is 0.311 e. The van der Waals surface area contributed by atoms with Gasteiger partial charge in [-0.1, -0.05) is 34.1 Å². The van der Waals surface area contributed by atoms with E-state index in [1.807, 2.05) is 27.7 Å². The lowest BCUT2D eigenvalue weighted by molar-refractivity contribution is -0.169. The zero-order valence-corrected chi connectivity index (χ0v) is 22.5. The first-order valence-electron chi connectivity index (χ1n) is 12.4. The molecule has 7 nitrogen and oxygen atoms in total. The summed E-state index contributed by atoms with van der Waals surface area (Å²) in [7, 11) is 1.33. The summed E-state index contributed by atoms with van der Waals surface area (Å²) in [5.74, 6) is -1.72. The van der Waals surface area contributed by atoms with Gasteiger partial charge in [0.2, 0.25) is 0 Å². The van der Waals surface area contributed by atoms with Crippen molar-refractivity contribution in [3.63, 3.8) is 0 Å². The molecule has 0 spiro atoms. The summed E-state index contributed by atoms with van der Waals surface area (Å²) in [6, 6.07) is 0. The molecule has 33 heavy (non-hydrogen) atoms. The molecule has 0 radical (unpaired) electrons. The summed E-state index contributed by atoms with van der Waals surface area (Å²) in [6.07, 6.45) is 4.27. The van der Waals surface area contributed by atoms with Gasteiger partial charge in [-0.15, -0.1) is 0 Å². The van der Waals surface area contributed by atoms with Gasteiger partial charge in [0.1, 0.15) is 5.60 Å². The molecule has 0 heterocycles. The molecular weight excluding hydrogens is 424 g/mol. The Morgan fingerprint density at radius 1 is 0.879 bits per heavy atom. The summed E-state index contributed by atoms with van der Waals surface area (Å²) in [4.78, 5) is 38.4. The van der Waals surface area contributed by atoms with E-state index in [2.05, 4.69) is 0 Å². The predicted octanol–water partition coefficient (Wildman–Crippen LogP) is 5.48. The van der Waals surface area contributed by atoms with Crippen molar-refractivity contribution in [1.82, 2.24) is 0 Å². The maximum atomic E-state index is 13.1. The first kappa shape index (κ1) is 31.4. The quantitative estimate of drug-likeness (QED) is 0.157. The lowest BCUT2D eigenvalue weighted by Gasteiger charge is -2.36. The van der Waals surface area contributed by atoms with Crippen LogP contribution >= 0.6 is 0 Å². The van der Waals surface area contributed by atoms with Crippen LogP contribution < -0.4 is 0 Å². The standard InChI is InChI=1S/C26H48O7/c1-10-13-16-32-23(29)25(7,19-24(5,6)22(28)30-9)18-20(4)21(27)33-26(8,12-3)14-17-31-15-11-2/h20H,10-19H2,1-9H3. The molecule has 0 rings (SSSR count). The second-order valence-corrected chi connectivity index (χ2v) is 10.3. The number of unbranched alkanes of at least 4 members (excludes halogenated alkanes) is 1. The normalized spacial score (nSPS) is 16.3. The van der Waals surface area contributed by atoms with E-state index in [9.17, 15) is 14.4 Å². The minimum Gasteiger partial charge on any atom is -0.469 e. The summed E-state index contributed by atoms with van der Waals surface area (Å²) < 4.78 is 21.9. The molecule has 7 heteroatoms. The van der Waals surface area contributed by atoms with Gasteiger partial charge in [0.25, 0.3) is 0 Å². The van der Waals surface area contributed by atoms with Crippen LogP contribution in [0, 0.1) is 16.7 Å². The highest BCUT2D eigenvalue weighted by Crippen LogP contribution is 2.41. The highest BCUT2D eigenvalue weighted by Gasteiger charge is 2.46. The van der Waals surface area contributed by atoms with Crippen LogP contribution in [0.4, 0.5) is 0 Å². The summed E-state index contributed by atoms with van der Waals surface area (Å²) in [6.45, 7) is 16.5. The van der Waals surface area contributed by atoms with Crippen molar-refractivity contribution < 1.29 is 33.3 Å². The summed E-state index contributed by atoms with van der Waals surface area (Å²) in [5.41, 5.74) is -2.59. The summed E-state index contributed by atoms with van der Waals surface area (Å²) in [5, 5.41) is 0. The van der Waals surface area contributed by atoms with E-state index in [4.69, 9.17) is 18.9 Å². The van der Waals surface area contributed by atoms with Gasteiger partial charge in [0.15, 0.2) is 0 Å². The molecule has 3 atom stereocenters. The van der Waals surface area contributed by atoms with Crippen LogP contribution in [0.2, 0.25) is 0 Å². The number of esters is 3. The molecule has 0 saturated heterocycles. The van der Waals surface area contributed by atoms with Crippen molar-refractivity contribution in [2.75, 3.05) is 26.9 Å². The Kier molecular flexibility index (Phi) is 13.9. The molecule has 0 aliphatic carbocycles. The van der Waals surface area contributed by atoms with Gasteiger partial charge in [0, 0.05) is 13.0 Å². The number of hydrogen-bond donors (Lipinski definition) is 0. The van der Waals surface area contributed by atoms with Gasteiger partial charge in [-0.2, -0.15) is 0 Å². The monoisotopic (exact) mass is 472 g/mol. The third-order valence-corrected chi connectivity index (χ3v) is 6.17. The van der Waals surface area contributed by atoms with E-state index >= 15 is 0 Å². The summed E-state index contributed by atoms with van der Waals surface area (Å²) >= 11 is 0. The van der Waals surface area contributed by atoms with E-state index in [0.29, 0.717) is 32.7 Å². The first-order chi connectivity index (χ1) is 15.3. The lowest BCUT2D eigenvalue weighted by Crippen LogP contribution is -2.42. The van der Waals surface area contributed by atoms with Crippen molar-refractivity contribution >= 4 is 17.9 Å². The van der Waals surface area contributed by atoms with Crippen molar-refractivity contribution in [2.24, 2.45) is 16.7 Å². The van der Waals surface area contributed by atoms with Crippen molar-refractivity contribution in [3.05, 3.63) is 0 Å². The minimum absolute atomic E-state index is 0.200. The molecule has 0 aromatic rings. The maximum absolute atomic E-state index is 13.1. The molecule has 0 amide bonds. The Hall–Kier alpha value is -1.63. The fraction of sp³-hybridized carbons (Fsp3) is 0.885. The molecule has 0 bridgehead atoms. The maximum Gasteiger partial charge on any atom is 0.311 e. The van der Waals surface area contributed by atoms with E-state index in [0.717, 1.165) is 19.3 Å². The largest absolute Gasteiger partial charge is 0.469 e. The van der Waals surface area contributed by atoms with Gasteiger partial charge in [-0.25, -0.2) is 0 Å². The Labute approximate surface area is 201 Å².